The molecule has 2 saturated heterocycles. The number of benzene rings is 2. The van der Waals surface area contributed by atoms with Crippen molar-refractivity contribution < 1.29 is 9.59 Å². The Morgan fingerprint density at radius 3 is 2.24 bits per heavy atom. The first kappa shape index (κ1) is 22.9. The summed E-state index contributed by atoms with van der Waals surface area (Å²) in [6.07, 6.45) is 5.20. The van der Waals surface area contributed by atoms with Crippen molar-refractivity contribution in [1.29, 1.82) is 0 Å². The lowest BCUT2D eigenvalue weighted by Gasteiger charge is -2.37. The number of aryl methyl sites for hydroxylation is 1. The molecule has 0 radical (unpaired) electrons. The van der Waals surface area contributed by atoms with E-state index in [1.54, 1.807) is 0 Å². The van der Waals surface area contributed by atoms with Gasteiger partial charge in [0.1, 0.15) is 0 Å². The largest absolute Gasteiger partial charge is 0.368 e. The van der Waals surface area contributed by atoms with E-state index >= 15 is 0 Å². The predicted molar refractivity (Wildman–Crippen MR) is 136 cm³/mol. The van der Waals surface area contributed by atoms with Gasteiger partial charge in [-0.05, 0) is 56.4 Å². The molecule has 2 amide bonds. The Labute approximate surface area is 202 Å². The summed E-state index contributed by atoms with van der Waals surface area (Å²) in [5.41, 5.74) is 5.08. The average molecular weight is 461 g/mol. The predicted octanol–water partition coefficient (Wildman–Crippen LogP) is 4.29. The van der Waals surface area contributed by atoms with Crippen molar-refractivity contribution in [3.8, 4) is 0 Å². The third-order valence-corrected chi connectivity index (χ3v) is 7.60. The molecule has 3 aliphatic rings. The topological polar surface area (TPSA) is 55.9 Å². The number of rotatable bonds is 6. The molecular weight excluding hydrogens is 424 g/mol. The van der Waals surface area contributed by atoms with Crippen LogP contribution >= 0.6 is 0 Å². The maximum Gasteiger partial charge on any atom is 0.256 e. The highest BCUT2D eigenvalue weighted by Gasteiger charge is 2.28. The number of hydrogen-bond donors (Lipinski definition) is 1. The van der Waals surface area contributed by atoms with Crippen LogP contribution in [-0.2, 0) is 11.3 Å². The average Bonchev–Trinajstić information content (AvgIpc) is 3.35. The van der Waals surface area contributed by atoms with Gasteiger partial charge in [-0.1, -0.05) is 36.2 Å². The van der Waals surface area contributed by atoms with Gasteiger partial charge >= 0.3 is 0 Å². The number of nitrogens with zero attached hydrogens (tertiary/aromatic N) is 3. The van der Waals surface area contributed by atoms with Crippen LogP contribution in [-0.4, -0.2) is 60.9 Å². The Hall–Kier alpha value is -2.86. The summed E-state index contributed by atoms with van der Waals surface area (Å²) >= 11 is 0. The van der Waals surface area contributed by atoms with Gasteiger partial charge in [0.25, 0.3) is 5.91 Å². The zero-order chi connectivity index (χ0) is 23.5. The normalized spacial score (nSPS) is 19.2. The van der Waals surface area contributed by atoms with E-state index in [0.717, 1.165) is 94.9 Å². The molecule has 2 aromatic carbocycles. The quantitative estimate of drug-likeness (QED) is 0.699. The molecule has 6 nitrogen and oxygen atoms in total. The Morgan fingerprint density at radius 2 is 1.59 bits per heavy atom. The number of piperazine rings is 1. The molecule has 180 valence electrons. The molecule has 0 bridgehead atoms. The van der Waals surface area contributed by atoms with E-state index in [-0.39, 0.29) is 17.7 Å². The fourth-order valence-electron chi connectivity index (χ4n) is 5.16. The first-order chi connectivity index (χ1) is 16.6. The molecule has 0 unspecified atom stereocenters. The van der Waals surface area contributed by atoms with Gasteiger partial charge in [0, 0.05) is 63.1 Å². The van der Waals surface area contributed by atoms with Crippen molar-refractivity contribution in [2.45, 2.75) is 45.6 Å². The van der Waals surface area contributed by atoms with Crippen LogP contribution in [0, 0.1) is 12.8 Å². The van der Waals surface area contributed by atoms with Gasteiger partial charge in [-0.3, -0.25) is 14.5 Å². The van der Waals surface area contributed by atoms with Crippen LogP contribution in [0.3, 0.4) is 0 Å². The summed E-state index contributed by atoms with van der Waals surface area (Å²) in [4.78, 5) is 32.7. The van der Waals surface area contributed by atoms with E-state index < -0.39 is 0 Å². The lowest BCUT2D eigenvalue weighted by molar-refractivity contribution is -0.122. The molecule has 1 aliphatic carbocycles. The second kappa shape index (κ2) is 10.2. The fourth-order valence-corrected chi connectivity index (χ4v) is 5.16. The molecule has 0 spiro atoms. The van der Waals surface area contributed by atoms with Crippen LogP contribution in [0.5, 0.6) is 0 Å². The Bertz CT molecular complexity index is 1020. The van der Waals surface area contributed by atoms with E-state index in [1.165, 1.54) is 11.1 Å². The van der Waals surface area contributed by atoms with Gasteiger partial charge in [-0.2, -0.15) is 0 Å². The van der Waals surface area contributed by atoms with Gasteiger partial charge in [-0.25, -0.2) is 0 Å². The van der Waals surface area contributed by atoms with Gasteiger partial charge in [0.15, 0.2) is 0 Å². The molecular formula is C28H36N4O2. The minimum atomic E-state index is 0.0864. The van der Waals surface area contributed by atoms with E-state index in [0.29, 0.717) is 0 Å². The van der Waals surface area contributed by atoms with Gasteiger partial charge < -0.3 is 15.1 Å². The first-order valence-electron chi connectivity index (χ1n) is 12.8. The number of amides is 2. The van der Waals surface area contributed by atoms with Crippen molar-refractivity contribution in [3.63, 3.8) is 0 Å². The standard InChI is InChI=1S/C28H36N4O2/c1-21-7-9-22(10-8-21)20-30-15-17-31(18-16-30)26-12-11-24(29-27(33)23-5-4-6-23)19-25(26)28(34)32-13-2-3-14-32/h7-12,19,23H,2-6,13-18,20H2,1H3,(H,29,33). The minimum Gasteiger partial charge on any atom is -0.368 e. The molecule has 6 heteroatoms. The van der Waals surface area contributed by atoms with Crippen LogP contribution in [0.25, 0.3) is 0 Å². The van der Waals surface area contributed by atoms with Crippen LogP contribution in [0.15, 0.2) is 42.5 Å². The van der Waals surface area contributed by atoms with E-state index in [1.807, 2.05) is 23.1 Å². The number of carbonyl (C=O) groups is 2. The SMILES string of the molecule is Cc1ccc(CN2CCN(c3ccc(NC(=O)C4CCC4)cc3C(=O)N3CCCC3)CC2)cc1. The van der Waals surface area contributed by atoms with Crippen molar-refractivity contribution in [2.24, 2.45) is 5.92 Å². The second-order valence-corrected chi connectivity index (χ2v) is 10.1. The summed E-state index contributed by atoms with van der Waals surface area (Å²) < 4.78 is 0. The summed E-state index contributed by atoms with van der Waals surface area (Å²) in [6, 6.07) is 14.7. The van der Waals surface area contributed by atoms with E-state index in [2.05, 4.69) is 46.3 Å². The Kier molecular flexibility index (Phi) is 6.86. The third kappa shape index (κ3) is 5.12. The van der Waals surface area contributed by atoms with Crippen molar-refractivity contribution in [3.05, 3.63) is 59.2 Å². The van der Waals surface area contributed by atoms with Crippen LogP contribution < -0.4 is 10.2 Å². The van der Waals surface area contributed by atoms with E-state index in [4.69, 9.17) is 0 Å². The fraction of sp³-hybridized carbons (Fsp3) is 0.500. The molecule has 1 saturated carbocycles. The molecule has 1 N–H and O–H groups in total. The van der Waals surface area contributed by atoms with Crippen molar-refractivity contribution in [2.75, 3.05) is 49.5 Å². The molecule has 5 rings (SSSR count). The highest BCUT2D eigenvalue weighted by molar-refractivity contribution is 6.02. The van der Waals surface area contributed by atoms with Crippen LogP contribution in [0.4, 0.5) is 11.4 Å². The molecule has 2 aromatic rings. The molecule has 2 aliphatic heterocycles. The van der Waals surface area contributed by atoms with Gasteiger partial charge in [-0.15, -0.1) is 0 Å². The number of anilines is 2. The lowest BCUT2D eigenvalue weighted by Crippen LogP contribution is -2.46. The smallest absolute Gasteiger partial charge is 0.256 e. The minimum absolute atomic E-state index is 0.0864. The van der Waals surface area contributed by atoms with Gasteiger partial charge in [0.2, 0.25) is 5.91 Å². The molecule has 34 heavy (non-hydrogen) atoms. The summed E-state index contributed by atoms with van der Waals surface area (Å²) in [6.45, 7) is 8.42. The third-order valence-electron chi connectivity index (χ3n) is 7.60. The Balaban J connectivity index is 1.30. The number of carbonyl (C=O) groups excluding carboxylic acids is 2. The first-order valence-corrected chi connectivity index (χ1v) is 12.8. The maximum absolute atomic E-state index is 13.5. The molecule has 2 heterocycles. The number of likely N-dealkylation sites (tertiary alicyclic amines) is 1. The highest BCUT2D eigenvalue weighted by atomic mass is 16.2. The molecule has 0 atom stereocenters. The Morgan fingerprint density at radius 1 is 0.882 bits per heavy atom. The zero-order valence-corrected chi connectivity index (χ0v) is 20.3. The second-order valence-electron chi connectivity index (χ2n) is 10.1. The number of nitrogens with one attached hydrogen (secondary N) is 1. The lowest BCUT2D eigenvalue weighted by atomic mass is 9.85. The van der Waals surface area contributed by atoms with Crippen LogP contribution in [0.2, 0.25) is 0 Å². The molecule has 0 aromatic heterocycles. The summed E-state index contributed by atoms with van der Waals surface area (Å²) in [7, 11) is 0. The zero-order valence-electron chi connectivity index (χ0n) is 20.3. The van der Waals surface area contributed by atoms with Crippen LogP contribution in [0.1, 0.15) is 53.6 Å². The van der Waals surface area contributed by atoms with Crippen molar-refractivity contribution in [1.82, 2.24) is 9.80 Å². The van der Waals surface area contributed by atoms with Gasteiger partial charge in [0.05, 0.1) is 5.56 Å². The summed E-state index contributed by atoms with van der Waals surface area (Å²) in [5, 5.41) is 3.06. The molecule has 3 fully saturated rings. The van der Waals surface area contributed by atoms with Crippen molar-refractivity contribution >= 4 is 23.2 Å². The highest BCUT2D eigenvalue weighted by Crippen LogP contribution is 2.31. The maximum atomic E-state index is 13.5. The monoisotopic (exact) mass is 460 g/mol. The van der Waals surface area contributed by atoms with E-state index in [9.17, 15) is 9.59 Å². The number of hydrogen-bond acceptors (Lipinski definition) is 4. The summed E-state index contributed by atoms with van der Waals surface area (Å²) in [5.74, 6) is 0.302.